The molecule has 0 aliphatic carbocycles. The number of nitrogens with zero attached hydrogens (tertiary/aromatic N) is 3. The van der Waals surface area contributed by atoms with Crippen LogP contribution in [0.15, 0.2) is 71.4 Å². The van der Waals surface area contributed by atoms with Gasteiger partial charge in [0.1, 0.15) is 23.3 Å². The van der Waals surface area contributed by atoms with Gasteiger partial charge in [-0.3, -0.25) is 9.59 Å². The fraction of sp³-hybridized carbons (Fsp3) is 0.320. The first kappa shape index (κ1) is 22.4. The highest BCUT2D eigenvalue weighted by molar-refractivity contribution is 6.46. The van der Waals surface area contributed by atoms with Crippen molar-refractivity contribution < 1.29 is 23.8 Å². The number of aromatic nitrogens is 2. The van der Waals surface area contributed by atoms with E-state index in [4.69, 9.17) is 9.15 Å². The summed E-state index contributed by atoms with van der Waals surface area (Å²) in [6.45, 7) is 3.61. The Morgan fingerprint density at radius 3 is 2.79 bits per heavy atom. The van der Waals surface area contributed by atoms with Gasteiger partial charge in [0.05, 0.1) is 24.8 Å². The number of ether oxygens (including phenoxy) is 1. The minimum absolute atomic E-state index is 0.0169. The third-order valence-corrected chi connectivity index (χ3v) is 5.60. The average molecular weight is 450 g/mol. The highest BCUT2D eigenvalue weighted by Crippen LogP contribution is 2.40. The molecule has 2 aromatic heterocycles. The van der Waals surface area contributed by atoms with Crippen molar-refractivity contribution in [1.82, 2.24) is 14.5 Å². The van der Waals surface area contributed by atoms with Gasteiger partial charge in [0.15, 0.2) is 0 Å². The summed E-state index contributed by atoms with van der Waals surface area (Å²) in [5, 5.41) is 11.1. The van der Waals surface area contributed by atoms with E-state index in [9.17, 15) is 14.7 Å². The lowest BCUT2D eigenvalue weighted by atomic mass is 9.99. The summed E-state index contributed by atoms with van der Waals surface area (Å²) in [6, 6.07) is 9.52. The molecule has 1 aliphatic heterocycles. The van der Waals surface area contributed by atoms with Crippen LogP contribution in [0.2, 0.25) is 0 Å². The van der Waals surface area contributed by atoms with Crippen LogP contribution in [0, 0.1) is 0 Å². The fourth-order valence-corrected chi connectivity index (χ4v) is 3.92. The van der Waals surface area contributed by atoms with E-state index in [1.807, 2.05) is 10.8 Å². The van der Waals surface area contributed by atoms with Crippen LogP contribution in [0.5, 0.6) is 5.75 Å². The summed E-state index contributed by atoms with van der Waals surface area (Å²) < 4.78 is 13.2. The first-order valence-corrected chi connectivity index (χ1v) is 11.1. The molecule has 0 radical (unpaired) electrons. The number of amides is 1. The second-order valence-corrected chi connectivity index (χ2v) is 7.89. The fourth-order valence-electron chi connectivity index (χ4n) is 3.92. The number of aryl methyl sites for hydroxylation is 1. The summed E-state index contributed by atoms with van der Waals surface area (Å²) in [5.41, 5.74) is 0.431. The minimum atomic E-state index is -0.799. The van der Waals surface area contributed by atoms with Crippen LogP contribution in [-0.4, -0.2) is 44.4 Å². The number of hydrogen-bond acceptors (Lipinski definition) is 6. The summed E-state index contributed by atoms with van der Waals surface area (Å²) in [5.74, 6) is -0.606. The molecule has 0 bridgehead atoms. The van der Waals surface area contributed by atoms with E-state index in [-0.39, 0.29) is 11.3 Å². The second kappa shape index (κ2) is 10.2. The van der Waals surface area contributed by atoms with E-state index >= 15 is 0 Å². The smallest absolute Gasteiger partial charge is 0.295 e. The largest absolute Gasteiger partial charge is 0.507 e. The van der Waals surface area contributed by atoms with Crippen molar-refractivity contribution >= 4 is 17.4 Å². The Kier molecular flexibility index (Phi) is 6.92. The molecule has 8 nitrogen and oxygen atoms in total. The molecule has 1 aliphatic rings. The van der Waals surface area contributed by atoms with Gasteiger partial charge >= 0.3 is 0 Å². The lowest BCUT2D eigenvalue weighted by molar-refractivity contribution is -0.140. The van der Waals surface area contributed by atoms with Gasteiger partial charge in [-0.05, 0) is 37.1 Å². The summed E-state index contributed by atoms with van der Waals surface area (Å²) in [4.78, 5) is 31.4. The van der Waals surface area contributed by atoms with Gasteiger partial charge in [0.2, 0.25) is 0 Å². The summed E-state index contributed by atoms with van der Waals surface area (Å²) in [7, 11) is 0. The zero-order valence-corrected chi connectivity index (χ0v) is 18.5. The lowest BCUT2D eigenvalue weighted by Gasteiger charge is -2.23. The van der Waals surface area contributed by atoms with Crippen molar-refractivity contribution in [1.29, 1.82) is 0 Å². The van der Waals surface area contributed by atoms with E-state index in [1.54, 1.807) is 48.9 Å². The maximum absolute atomic E-state index is 13.0. The monoisotopic (exact) mass is 449 g/mol. The number of aliphatic hydroxyl groups excluding tert-OH is 1. The Morgan fingerprint density at radius 2 is 2.06 bits per heavy atom. The minimum Gasteiger partial charge on any atom is -0.507 e. The van der Waals surface area contributed by atoms with E-state index < -0.39 is 17.7 Å². The molecule has 3 aromatic rings. The molecule has 0 unspecified atom stereocenters. The van der Waals surface area contributed by atoms with E-state index in [2.05, 4.69) is 11.9 Å². The summed E-state index contributed by atoms with van der Waals surface area (Å²) >= 11 is 0. The first-order valence-electron chi connectivity index (χ1n) is 11.1. The molecule has 1 amide bonds. The highest BCUT2D eigenvalue weighted by atomic mass is 16.5. The van der Waals surface area contributed by atoms with Crippen LogP contribution in [0.1, 0.15) is 43.6 Å². The number of Topliss-reactive ketones (excluding diaryl/α,β-unsaturated/α-hetero) is 1. The molecule has 0 spiro atoms. The first-order chi connectivity index (χ1) is 16.1. The number of unbranched alkanes of at least 4 members (excludes halogenated alkanes) is 1. The molecule has 1 aromatic carbocycles. The SMILES string of the molecule is CCCCOc1cccc(C(O)=C2C(=O)C(=O)N(CCCn3ccnc3)[C@H]2c2ccco2)c1. The Hall–Kier alpha value is -3.81. The van der Waals surface area contributed by atoms with Crippen LogP contribution >= 0.6 is 0 Å². The van der Waals surface area contributed by atoms with Crippen LogP contribution in [0.3, 0.4) is 0 Å². The molecule has 0 saturated carbocycles. The van der Waals surface area contributed by atoms with Gasteiger partial charge < -0.3 is 23.7 Å². The number of ketones is 1. The molecule has 3 heterocycles. The van der Waals surface area contributed by atoms with Gasteiger partial charge in [-0.15, -0.1) is 0 Å². The van der Waals surface area contributed by atoms with Gasteiger partial charge in [0.25, 0.3) is 11.7 Å². The molecular weight excluding hydrogens is 422 g/mol. The Labute approximate surface area is 192 Å². The van der Waals surface area contributed by atoms with Crippen LogP contribution in [-0.2, 0) is 16.1 Å². The van der Waals surface area contributed by atoms with Gasteiger partial charge in [0, 0.05) is 31.0 Å². The number of imidazole rings is 1. The number of aliphatic hydroxyl groups is 1. The lowest BCUT2D eigenvalue weighted by Crippen LogP contribution is -2.31. The maximum atomic E-state index is 13.0. The van der Waals surface area contributed by atoms with Crippen LogP contribution in [0.4, 0.5) is 0 Å². The van der Waals surface area contributed by atoms with E-state index in [0.717, 1.165) is 12.8 Å². The molecule has 172 valence electrons. The number of carbonyl (C=O) groups excluding carboxylic acids is 2. The zero-order valence-electron chi connectivity index (χ0n) is 18.5. The Morgan fingerprint density at radius 1 is 1.18 bits per heavy atom. The number of hydrogen-bond donors (Lipinski definition) is 1. The molecular formula is C25H27N3O5. The number of likely N-dealkylation sites (tertiary alicyclic amines) is 1. The van der Waals surface area contributed by atoms with Crippen molar-refractivity contribution in [2.75, 3.05) is 13.2 Å². The molecule has 1 saturated heterocycles. The normalized spacial score (nSPS) is 17.6. The third-order valence-electron chi connectivity index (χ3n) is 5.60. The van der Waals surface area contributed by atoms with Gasteiger partial charge in [-0.25, -0.2) is 4.98 Å². The number of rotatable bonds is 10. The predicted octanol–water partition coefficient (Wildman–Crippen LogP) is 4.17. The van der Waals surface area contributed by atoms with Crippen molar-refractivity contribution in [3.63, 3.8) is 0 Å². The molecule has 1 fully saturated rings. The second-order valence-electron chi connectivity index (χ2n) is 7.89. The molecule has 4 rings (SSSR count). The quantitative estimate of drug-likeness (QED) is 0.216. The molecule has 1 N–H and O–H groups in total. The maximum Gasteiger partial charge on any atom is 0.295 e. The van der Waals surface area contributed by atoms with E-state index in [1.165, 1.54) is 11.2 Å². The molecule has 33 heavy (non-hydrogen) atoms. The van der Waals surface area contributed by atoms with E-state index in [0.29, 0.717) is 43.2 Å². The standard InChI is InChI=1S/C25H27N3O5/c1-2-3-14-32-19-8-4-7-18(16-19)23(29)21-22(20-9-5-15-33-20)28(25(31)24(21)30)12-6-11-27-13-10-26-17-27/h4-5,7-10,13,15-17,22,29H,2-3,6,11-12,14H2,1H3/t22-/m0/s1. The van der Waals surface area contributed by atoms with Crippen molar-refractivity contribution in [3.8, 4) is 5.75 Å². The predicted molar refractivity (Wildman–Crippen MR) is 121 cm³/mol. The molecule has 8 heteroatoms. The van der Waals surface area contributed by atoms with Crippen molar-refractivity contribution in [2.24, 2.45) is 0 Å². The van der Waals surface area contributed by atoms with Gasteiger partial charge in [-0.1, -0.05) is 25.5 Å². The number of carbonyl (C=O) groups is 2. The summed E-state index contributed by atoms with van der Waals surface area (Å²) in [6.07, 6.45) is 9.26. The highest BCUT2D eigenvalue weighted by Gasteiger charge is 2.47. The van der Waals surface area contributed by atoms with Crippen LogP contribution in [0.25, 0.3) is 5.76 Å². The van der Waals surface area contributed by atoms with Crippen molar-refractivity contribution in [3.05, 3.63) is 78.3 Å². The third kappa shape index (κ3) is 4.84. The van der Waals surface area contributed by atoms with Gasteiger partial charge in [-0.2, -0.15) is 0 Å². The average Bonchev–Trinajstić information content (AvgIpc) is 3.58. The topological polar surface area (TPSA) is 97.8 Å². The Balaban J connectivity index is 1.64. The number of furan rings is 1. The van der Waals surface area contributed by atoms with Crippen molar-refractivity contribution in [2.45, 2.75) is 38.8 Å². The zero-order chi connectivity index (χ0) is 23.2. The Bertz CT molecular complexity index is 1120. The number of benzene rings is 1. The molecule has 1 atom stereocenters. The van der Waals surface area contributed by atoms with Crippen LogP contribution < -0.4 is 4.74 Å².